The van der Waals surface area contributed by atoms with Gasteiger partial charge in [0.2, 0.25) is 5.91 Å². The molecule has 7 nitrogen and oxygen atoms in total. The Morgan fingerprint density at radius 1 is 1.18 bits per heavy atom. The lowest BCUT2D eigenvalue weighted by molar-refractivity contribution is -0.192. The number of hydrogen-bond donors (Lipinski definition) is 3. The number of nitrogens with zero attached hydrogens (tertiary/aromatic N) is 1. The summed E-state index contributed by atoms with van der Waals surface area (Å²) in [6.45, 7) is 0.784. The fraction of sp³-hybridized carbons (Fsp3) is 0.217. The highest BCUT2D eigenvalue weighted by Crippen LogP contribution is 2.36. The minimum absolute atomic E-state index is 0.110. The van der Waals surface area contributed by atoms with E-state index in [-0.39, 0.29) is 5.91 Å². The molecule has 0 unspecified atom stereocenters. The molecule has 11 heteroatoms. The molecule has 1 heterocycles. The number of aliphatic carboxylic acids is 1. The van der Waals surface area contributed by atoms with Crippen molar-refractivity contribution < 1.29 is 32.6 Å². The molecule has 1 atom stereocenters. The summed E-state index contributed by atoms with van der Waals surface area (Å²) in [5.74, 6) is -2.12. The van der Waals surface area contributed by atoms with Gasteiger partial charge in [-0.05, 0) is 41.1 Å². The summed E-state index contributed by atoms with van der Waals surface area (Å²) >= 11 is 3.61. The lowest BCUT2D eigenvalue weighted by Gasteiger charge is -2.26. The third-order valence-electron chi connectivity index (χ3n) is 5.15. The number of carbonyl (C=O) groups excluding carboxylic acids is 1. The number of methoxy groups -OCH3 is 1. The van der Waals surface area contributed by atoms with Crippen LogP contribution in [0.25, 0.3) is 10.8 Å². The van der Waals surface area contributed by atoms with E-state index in [2.05, 4.69) is 21.2 Å². The number of anilines is 2. The van der Waals surface area contributed by atoms with Crippen LogP contribution in [0.15, 0.2) is 59.1 Å². The number of fused-ring (bicyclic) bond motifs is 2. The topological polar surface area (TPSA) is 105 Å². The zero-order valence-corrected chi connectivity index (χ0v) is 19.5. The number of nitrogens with one attached hydrogen (secondary N) is 1. The van der Waals surface area contributed by atoms with Crippen LogP contribution in [0, 0.1) is 0 Å². The highest BCUT2D eigenvalue weighted by Gasteiger charge is 2.38. The predicted molar refractivity (Wildman–Crippen MR) is 126 cm³/mol. The SMILES string of the molecule is COc1ccc2c(Br)cccc2c1CN1C(=O)[C@@H](N)CNc2ccccc21.O=C(O)C(F)(F)F. The molecule has 0 radical (unpaired) electrons. The number of alkyl halides is 3. The van der Waals surface area contributed by atoms with Gasteiger partial charge in [-0.15, -0.1) is 0 Å². The van der Waals surface area contributed by atoms with Gasteiger partial charge in [0.25, 0.3) is 0 Å². The molecule has 34 heavy (non-hydrogen) atoms. The summed E-state index contributed by atoms with van der Waals surface area (Å²) in [6.07, 6.45) is -5.08. The number of ether oxygens (including phenoxy) is 1. The number of carbonyl (C=O) groups is 2. The Morgan fingerprint density at radius 2 is 1.85 bits per heavy atom. The van der Waals surface area contributed by atoms with Crippen LogP contribution in [-0.4, -0.2) is 42.9 Å². The number of nitrogens with two attached hydrogens (primary N) is 1. The Hall–Kier alpha value is -3.31. The van der Waals surface area contributed by atoms with Gasteiger partial charge in [0.1, 0.15) is 11.8 Å². The molecule has 4 N–H and O–H groups in total. The van der Waals surface area contributed by atoms with Gasteiger partial charge in [0.05, 0.1) is 25.0 Å². The van der Waals surface area contributed by atoms with E-state index < -0.39 is 18.2 Å². The fourth-order valence-electron chi connectivity index (χ4n) is 3.52. The maximum absolute atomic E-state index is 13.0. The Labute approximate surface area is 201 Å². The fourth-order valence-corrected chi connectivity index (χ4v) is 4.02. The van der Waals surface area contributed by atoms with Crippen molar-refractivity contribution in [3.8, 4) is 5.75 Å². The average Bonchev–Trinajstić information content (AvgIpc) is 2.91. The minimum Gasteiger partial charge on any atom is -0.496 e. The van der Waals surface area contributed by atoms with E-state index in [1.165, 1.54) is 0 Å². The molecule has 4 rings (SSSR count). The van der Waals surface area contributed by atoms with E-state index in [4.69, 9.17) is 20.4 Å². The van der Waals surface area contributed by atoms with Gasteiger partial charge in [-0.3, -0.25) is 4.79 Å². The summed E-state index contributed by atoms with van der Waals surface area (Å²) in [6, 6.07) is 17.2. The normalized spacial score (nSPS) is 15.5. The number of carboxylic acids is 1. The molecule has 0 saturated carbocycles. The molecule has 0 bridgehead atoms. The second-order valence-corrected chi connectivity index (χ2v) is 8.17. The highest BCUT2D eigenvalue weighted by atomic mass is 79.9. The predicted octanol–water partition coefficient (Wildman–Crippen LogP) is 4.53. The molecule has 0 spiro atoms. The molecule has 1 aliphatic heterocycles. The first kappa shape index (κ1) is 25.3. The molecule has 3 aromatic carbocycles. The van der Waals surface area contributed by atoms with Gasteiger partial charge < -0.3 is 25.8 Å². The minimum atomic E-state index is -5.08. The van der Waals surface area contributed by atoms with Crippen molar-refractivity contribution in [3.05, 3.63) is 64.6 Å². The highest BCUT2D eigenvalue weighted by molar-refractivity contribution is 9.10. The Bertz CT molecular complexity index is 1220. The summed E-state index contributed by atoms with van der Waals surface area (Å²) in [4.78, 5) is 23.7. The molecule has 0 aromatic heterocycles. The molecule has 180 valence electrons. The first-order valence-electron chi connectivity index (χ1n) is 9.98. The van der Waals surface area contributed by atoms with Crippen molar-refractivity contribution in [1.29, 1.82) is 0 Å². The summed E-state index contributed by atoms with van der Waals surface area (Å²) < 4.78 is 38.4. The molecule has 0 aliphatic carbocycles. The van der Waals surface area contributed by atoms with Gasteiger partial charge in [-0.1, -0.05) is 40.2 Å². The smallest absolute Gasteiger partial charge is 0.490 e. The zero-order valence-electron chi connectivity index (χ0n) is 17.9. The van der Waals surface area contributed by atoms with Crippen LogP contribution in [0.1, 0.15) is 5.56 Å². The third kappa shape index (κ3) is 5.42. The van der Waals surface area contributed by atoms with Gasteiger partial charge in [-0.2, -0.15) is 13.2 Å². The van der Waals surface area contributed by atoms with Gasteiger partial charge >= 0.3 is 12.1 Å². The third-order valence-corrected chi connectivity index (χ3v) is 5.84. The van der Waals surface area contributed by atoms with Crippen LogP contribution in [-0.2, 0) is 16.1 Å². The number of carboxylic acid groups (broad SMARTS) is 1. The van der Waals surface area contributed by atoms with Crippen LogP contribution in [0.4, 0.5) is 24.5 Å². The Kier molecular flexibility index (Phi) is 7.68. The van der Waals surface area contributed by atoms with Crippen LogP contribution in [0.5, 0.6) is 5.75 Å². The maximum atomic E-state index is 13.0. The maximum Gasteiger partial charge on any atom is 0.490 e. The molecular weight excluding hydrogens is 519 g/mol. The average molecular weight is 540 g/mol. The molecule has 0 fully saturated rings. The molecule has 1 aliphatic rings. The van der Waals surface area contributed by atoms with Crippen molar-refractivity contribution in [2.24, 2.45) is 5.73 Å². The summed E-state index contributed by atoms with van der Waals surface area (Å²) in [5.41, 5.74) is 8.79. The lowest BCUT2D eigenvalue weighted by atomic mass is 10.0. The van der Waals surface area contributed by atoms with Gasteiger partial charge in [-0.25, -0.2) is 4.79 Å². The van der Waals surface area contributed by atoms with Crippen molar-refractivity contribution in [3.63, 3.8) is 0 Å². The lowest BCUT2D eigenvalue weighted by Crippen LogP contribution is -2.45. The van der Waals surface area contributed by atoms with E-state index in [1.54, 1.807) is 12.0 Å². The second kappa shape index (κ2) is 10.3. The van der Waals surface area contributed by atoms with Crippen molar-refractivity contribution in [2.75, 3.05) is 23.9 Å². The molecular formula is C23H21BrF3N3O4. The quantitative estimate of drug-likeness (QED) is 0.451. The van der Waals surface area contributed by atoms with Gasteiger partial charge in [0, 0.05) is 16.6 Å². The number of amides is 1. The number of para-hydroxylation sites is 2. The van der Waals surface area contributed by atoms with E-state index in [0.717, 1.165) is 37.9 Å². The zero-order chi connectivity index (χ0) is 25.0. The van der Waals surface area contributed by atoms with Crippen molar-refractivity contribution in [1.82, 2.24) is 0 Å². The Morgan fingerprint density at radius 3 is 2.50 bits per heavy atom. The van der Waals surface area contributed by atoms with Crippen molar-refractivity contribution >= 4 is 50.0 Å². The standard InChI is InChI=1S/C21H20BrN3O2.C2HF3O2/c1-27-20-10-9-14-13(5-4-6-16(14)22)15(20)12-25-19-8-3-2-7-18(19)24-11-17(23)21(25)26;3-2(4,5)1(6)7/h2-10,17,24H,11-12,23H2,1H3;(H,6,7)/t17-;/m0./s1. The van der Waals surface area contributed by atoms with E-state index in [1.807, 2.05) is 54.6 Å². The van der Waals surface area contributed by atoms with Crippen LogP contribution >= 0.6 is 15.9 Å². The van der Waals surface area contributed by atoms with Crippen LogP contribution in [0.2, 0.25) is 0 Å². The molecule has 0 saturated heterocycles. The summed E-state index contributed by atoms with van der Waals surface area (Å²) in [7, 11) is 1.65. The van der Waals surface area contributed by atoms with Crippen LogP contribution < -0.4 is 20.7 Å². The number of rotatable bonds is 3. The van der Waals surface area contributed by atoms with E-state index >= 15 is 0 Å². The van der Waals surface area contributed by atoms with Gasteiger partial charge in [0.15, 0.2) is 0 Å². The largest absolute Gasteiger partial charge is 0.496 e. The van der Waals surface area contributed by atoms with E-state index in [9.17, 15) is 18.0 Å². The Balaban J connectivity index is 0.000000406. The molecule has 1 amide bonds. The molecule has 3 aromatic rings. The summed E-state index contributed by atoms with van der Waals surface area (Å²) in [5, 5.41) is 12.5. The van der Waals surface area contributed by atoms with E-state index in [0.29, 0.717) is 13.1 Å². The second-order valence-electron chi connectivity index (χ2n) is 7.31. The van der Waals surface area contributed by atoms with Crippen molar-refractivity contribution in [2.45, 2.75) is 18.8 Å². The number of halogens is 4. The first-order chi connectivity index (χ1) is 16.0. The first-order valence-corrected chi connectivity index (χ1v) is 10.8. The number of hydrogen-bond acceptors (Lipinski definition) is 5. The number of benzene rings is 3. The monoisotopic (exact) mass is 539 g/mol. The van der Waals surface area contributed by atoms with Crippen LogP contribution in [0.3, 0.4) is 0 Å².